The van der Waals surface area contributed by atoms with Crippen molar-refractivity contribution in [3.05, 3.63) is 0 Å². The number of carbonyl (C=O) groups is 1. The minimum absolute atomic E-state index is 0.0385. The third-order valence-electron chi connectivity index (χ3n) is 6.09. The van der Waals surface area contributed by atoms with E-state index in [0.717, 1.165) is 19.4 Å². The predicted molar refractivity (Wildman–Crippen MR) is 81.7 cm³/mol. The number of hydrogen-bond acceptors (Lipinski definition) is 2. The van der Waals surface area contributed by atoms with E-state index in [-0.39, 0.29) is 5.91 Å². The maximum absolute atomic E-state index is 12.4. The molecule has 0 aliphatic heterocycles. The summed E-state index contributed by atoms with van der Waals surface area (Å²) in [6, 6.07) is 0. The molecule has 2 aliphatic rings. The van der Waals surface area contributed by atoms with Crippen LogP contribution in [0.2, 0.25) is 0 Å². The molecule has 2 rings (SSSR count). The standard InChI is InChI=1S/C15H26N2OS/c1-9-6-15(7-9,11(16)19)12(18)17-8-10-13(2,3)14(10,4)5/h9-10H,6-8H2,1-5H3,(H2,16,19)(H,17,18). The second-order valence-corrected chi connectivity index (χ2v) is 8.11. The van der Waals surface area contributed by atoms with Gasteiger partial charge in [-0.1, -0.05) is 46.8 Å². The van der Waals surface area contributed by atoms with Crippen molar-refractivity contribution in [3.8, 4) is 0 Å². The molecule has 108 valence electrons. The number of hydrogen-bond donors (Lipinski definition) is 2. The Morgan fingerprint density at radius 2 is 1.74 bits per heavy atom. The first-order chi connectivity index (χ1) is 8.55. The number of carbonyl (C=O) groups excluding carboxylic acids is 1. The Labute approximate surface area is 121 Å². The van der Waals surface area contributed by atoms with Crippen molar-refractivity contribution in [2.75, 3.05) is 6.54 Å². The number of nitrogens with one attached hydrogen (secondary N) is 1. The third kappa shape index (κ3) is 1.99. The second-order valence-electron chi connectivity index (χ2n) is 7.67. The summed E-state index contributed by atoms with van der Waals surface area (Å²) >= 11 is 5.11. The van der Waals surface area contributed by atoms with Crippen LogP contribution < -0.4 is 11.1 Å². The number of thiocarbonyl (C=S) groups is 1. The van der Waals surface area contributed by atoms with Crippen molar-refractivity contribution in [3.63, 3.8) is 0 Å². The van der Waals surface area contributed by atoms with Gasteiger partial charge < -0.3 is 11.1 Å². The fraction of sp³-hybridized carbons (Fsp3) is 0.867. The van der Waals surface area contributed by atoms with Crippen molar-refractivity contribution >= 4 is 23.1 Å². The van der Waals surface area contributed by atoms with Gasteiger partial charge in [0.25, 0.3) is 0 Å². The molecular weight excluding hydrogens is 256 g/mol. The minimum atomic E-state index is -0.572. The summed E-state index contributed by atoms with van der Waals surface area (Å²) in [6.45, 7) is 11.9. The van der Waals surface area contributed by atoms with Crippen LogP contribution in [-0.4, -0.2) is 17.4 Å². The molecule has 0 bridgehead atoms. The van der Waals surface area contributed by atoms with E-state index in [1.165, 1.54) is 0 Å². The summed E-state index contributed by atoms with van der Waals surface area (Å²) in [6.07, 6.45) is 1.59. The van der Waals surface area contributed by atoms with E-state index in [0.29, 0.717) is 27.7 Å². The van der Waals surface area contributed by atoms with E-state index in [4.69, 9.17) is 18.0 Å². The molecule has 1 amide bonds. The SMILES string of the molecule is CC1CC(C(=O)NCC2C(C)(C)C2(C)C)(C(N)=S)C1. The molecule has 4 heteroatoms. The molecule has 2 fully saturated rings. The lowest BCUT2D eigenvalue weighted by molar-refractivity contribution is -0.132. The summed E-state index contributed by atoms with van der Waals surface area (Å²) in [4.78, 5) is 12.8. The minimum Gasteiger partial charge on any atom is -0.392 e. The highest BCUT2D eigenvalue weighted by molar-refractivity contribution is 7.80. The first kappa shape index (κ1) is 14.8. The molecule has 0 unspecified atom stereocenters. The third-order valence-corrected chi connectivity index (χ3v) is 6.48. The first-order valence-corrected chi connectivity index (χ1v) is 7.55. The molecule has 0 aromatic rings. The van der Waals surface area contributed by atoms with Crippen molar-refractivity contribution < 1.29 is 4.79 Å². The molecule has 3 N–H and O–H groups in total. The van der Waals surface area contributed by atoms with Gasteiger partial charge in [-0.3, -0.25) is 4.79 Å². The fourth-order valence-electron chi connectivity index (χ4n) is 3.84. The summed E-state index contributed by atoms with van der Waals surface area (Å²) < 4.78 is 0. The van der Waals surface area contributed by atoms with Crippen molar-refractivity contribution in [2.45, 2.75) is 47.5 Å². The van der Waals surface area contributed by atoms with E-state index in [1.54, 1.807) is 0 Å². The molecule has 0 atom stereocenters. The van der Waals surface area contributed by atoms with E-state index < -0.39 is 5.41 Å². The molecule has 3 nitrogen and oxygen atoms in total. The van der Waals surface area contributed by atoms with Gasteiger partial charge in [-0.15, -0.1) is 0 Å². The Morgan fingerprint density at radius 3 is 2.05 bits per heavy atom. The highest BCUT2D eigenvalue weighted by Crippen LogP contribution is 2.68. The highest BCUT2D eigenvalue weighted by Gasteiger charge is 2.64. The quantitative estimate of drug-likeness (QED) is 0.779. The van der Waals surface area contributed by atoms with E-state index in [2.05, 4.69) is 39.9 Å². The summed E-state index contributed by atoms with van der Waals surface area (Å²) in [5.41, 5.74) is 5.81. The predicted octanol–water partition coefficient (Wildman–Crippen LogP) is 2.49. The van der Waals surface area contributed by atoms with Crippen LogP contribution in [0.4, 0.5) is 0 Å². The van der Waals surface area contributed by atoms with Crippen molar-refractivity contribution in [1.82, 2.24) is 5.32 Å². The Hall–Kier alpha value is -0.640. The highest BCUT2D eigenvalue weighted by atomic mass is 32.1. The van der Waals surface area contributed by atoms with Gasteiger partial charge in [-0.25, -0.2) is 0 Å². The molecule has 0 heterocycles. The van der Waals surface area contributed by atoms with Crippen LogP contribution in [0.3, 0.4) is 0 Å². The second kappa shape index (κ2) is 4.18. The normalized spacial score (nSPS) is 35.3. The smallest absolute Gasteiger partial charge is 0.233 e. The van der Waals surface area contributed by atoms with Crippen LogP contribution in [0, 0.1) is 28.1 Å². The van der Waals surface area contributed by atoms with Crippen LogP contribution in [0.1, 0.15) is 47.5 Å². The lowest BCUT2D eigenvalue weighted by atomic mass is 9.62. The van der Waals surface area contributed by atoms with Gasteiger partial charge in [0.15, 0.2) is 0 Å². The average molecular weight is 282 g/mol. The fourth-order valence-corrected chi connectivity index (χ4v) is 4.10. The van der Waals surface area contributed by atoms with Crippen LogP contribution in [0.5, 0.6) is 0 Å². The zero-order chi connectivity index (χ0) is 14.6. The summed E-state index contributed by atoms with van der Waals surface area (Å²) in [5, 5.41) is 3.09. The lowest BCUT2D eigenvalue weighted by Gasteiger charge is -2.44. The van der Waals surface area contributed by atoms with Crippen LogP contribution in [0.15, 0.2) is 0 Å². The van der Waals surface area contributed by atoms with E-state index in [9.17, 15) is 4.79 Å². The van der Waals surface area contributed by atoms with Crippen LogP contribution >= 0.6 is 12.2 Å². The molecule has 0 radical (unpaired) electrons. The van der Waals surface area contributed by atoms with Gasteiger partial charge in [-0.2, -0.15) is 0 Å². The maximum Gasteiger partial charge on any atom is 0.233 e. The first-order valence-electron chi connectivity index (χ1n) is 7.14. The Morgan fingerprint density at radius 1 is 1.26 bits per heavy atom. The molecule has 2 saturated carbocycles. The summed E-state index contributed by atoms with van der Waals surface area (Å²) in [5.74, 6) is 1.11. The van der Waals surface area contributed by atoms with Crippen LogP contribution in [-0.2, 0) is 4.79 Å². The van der Waals surface area contributed by atoms with Crippen molar-refractivity contribution in [1.29, 1.82) is 0 Å². The van der Waals surface area contributed by atoms with Gasteiger partial charge in [0.1, 0.15) is 0 Å². The molecule has 19 heavy (non-hydrogen) atoms. The Kier molecular flexibility index (Phi) is 3.24. The average Bonchev–Trinajstić information content (AvgIpc) is 2.61. The molecule has 0 saturated heterocycles. The number of amides is 1. The van der Waals surface area contributed by atoms with Gasteiger partial charge in [0.2, 0.25) is 5.91 Å². The topological polar surface area (TPSA) is 55.1 Å². The van der Waals surface area contributed by atoms with Gasteiger partial charge in [0, 0.05) is 6.54 Å². The molecule has 0 aromatic carbocycles. The molecule has 2 aliphatic carbocycles. The monoisotopic (exact) mass is 282 g/mol. The van der Waals surface area contributed by atoms with Crippen molar-refractivity contribution in [2.24, 2.45) is 33.8 Å². The van der Waals surface area contributed by atoms with Crippen LogP contribution in [0.25, 0.3) is 0 Å². The zero-order valence-electron chi connectivity index (χ0n) is 12.7. The van der Waals surface area contributed by atoms with E-state index in [1.807, 2.05) is 0 Å². The zero-order valence-corrected chi connectivity index (χ0v) is 13.5. The van der Waals surface area contributed by atoms with Gasteiger partial charge >= 0.3 is 0 Å². The molecule has 0 aromatic heterocycles. The Balaban J connectivity index is 1.94. The van der Waals surface area contributed by atoms with E-state index >= 15 is 0 Å². The lowest BCUT2D eigenvalue weighted by Crippen LogP contribution is -2.56. The maximum atomic E-state index is 12.4. The Bertz CT molecular complexity index is 408. The number of rotatable bonds is 4. The van der Waals surface area contributed by atoms with Gasteiger partial charge in [-0.05, 0) is 35.5 Å². The summed E-state index contributed by atoms with van der Waals surface area (Å²) in [7, 11) is 0. The largest absolute Gasteiger partial charge is 0.392 e. The van der Waals surface area contributed by atoms with Gasteiger partial charge in [0.05, 0.1) is 10.4 Å². The molecular formula is C15H26N2OS. The molecule has 0 spiro atoms. The number of nitrogens with two attached hydrogens (primary N) is 1.